The second-order valence-electron chi connectivity index (χ2n) is 10.5. The van der Waals surface area contributed by atoms with Crippen molar-refractivity contribution < 1.29 is 34.2 Å². The van der Waals surface area contributed by atoms with Gasteiger partial charge >= 0.3 is 11.9 Å². The Bertz CT molecular complexity index is 578. The van der Waals surface area contributed by atoms with Crippen molar-refractivity contribution in [2.45, 2.75) is 105 Å². The summed E-state index contributed by atoms with van der Waals surface area (Å²) < 4.78 is 0.178. The van der Waals surface area contributed by atoms with Crippen LogP contribution in [-0.4, -0.2) is 58.8 Å². The van der Waals surface area contributed by atoms with Crippen LogP contribution in [0.2, 0.25) is 0 Å². The lowest BCUT2D eigenvalue weighted by Crippen LogP contribution is -2.58. The highest BCUT2D eigenvalue weighted by atomic mass is 16.4. The zero-order valence-corrected chi connectivity index (χ0v) is 22.7. The first-order valence-corrected chi connectivity index (χ1v) is 13.7. The van der Waals surface area contributed by atoms with E-state index in [1.807, 2.05) is 0 Å². The van der Waals surface area contributed by atoms with Gasteiger partial charge in [-0.2, -0.15) is 0 Å². The van der Waals surface area contributed by atoms with E-state index in [1.54, 1.807) is 20.8 Å². The van der Waals surface area contributed by atoms with Crippen LogP contribution in [0.5, 0.6) is 0 Å². The second-order valence-corrected chi connectivity index (χ2v) is 10.5. The lowest BCUT2D eigenvalue weighted by Gasteiger charge is -2.43. The molecule has 0 amide bonds. The summed E-state index contributed by atoms with van der Waals surface area (Å²) in [5.41, 5.74) is 0. The summed E-state index contributed by atoms with van der Waals surface area (Å²) in [5, 5.41) is 30.4. The van der Waals surface area contributed by atoms with E-state index in [0.29, 0.717) is 6.54 Å². The van der Waals surface area contributed by atoms with E-state index < -0.39 is 35.7 Å². The molecule has 3 unspecified atom stereocenters. The van der Waals surface area contributed by atoms with Crippen LogP contribution in [-0.2, 0) is 14.4 Å². The third kappa shape index (κ3) is 16.4. The topological polar surface area (TPSA) is 115 Å². The van der Waals surface area contributed by atoms with Crippen molar-refractivity contribution in [2.24, 2.45) is 17.8 Å². The average molecular weight is 498 g/mol. The highest BCUT2D eigenvalue weighted by Gasteiger charge is 2.36. The van der Waals surface area contributed by atoms with Crippen molar-refractivity contribution in [2.75, 3.05) is 26.2 Å². The largest absolute Gasteiger partial charge is 0.550 e. The van der Waals surface area contributed by atoms with Gasteiger partial charge in [-0.3, -0.25) is 9.59 Å². The zero-order chi connectivity index (χ0) is 26.7. The molecule has 35 heavy (non-hydrogen) atoms. The number of carboxylic acids is 3. The van der Waals surface area contributed by atoms with E-state index in [-0.39, 0.29) is 24.1 Å². The molecular weight excluding hydrogens is 446 g/mol. The van der Waals surface area contributed by atoms with Gasteiger partial charge in [0, 0.05) is 11.9 Å². The molecule has 0 aromatic carbocycles. The lowest BCUT2D eigenvalue weighted by molar-refractivity contribution is -0.934. The van der Waals surface area contributed by atoms with Gasteiger partial charge in [-0.05, 0) is 52.4 Å². The van der Waals surface area contributed by atoms with E-state index in [1.165, 1.54) is 32.1 Å². The molecule has 0 bridgehead atoms. The Morgan fingerprint density at radius 1 is 0.686 bits per heavy atom. The van der Waals surface area contributed by atoms with Crippen molar-refractivity contribution in [3.05, 3.63) is 12.2 Å². The smallest absolute Gasteiger partial charge is 0.311 e. The molecule has 0 rings (SSSR count). The van der Waals surface area contributed by atoms with Gasteiger partial charge in [-0.25, -0.2) is 0 Å². The third-order valence-corrected chi connectivity index (χ3v) is 6.87. The van der Waals surface area contributed by atoms with Crippen LogP contribution in [0.15, 0.2) is 12.2 Å². The lowest BCUT2D eigenvalue weighted by atomic mass is 10.0. The number of hydrogen-bond acceptors (Lipinski definition) is 4. The van der Waals surface area contributed by atoms with Crippen LogP contribution in [0.25, 0.3) is 0 Å². The van der Waals surface area contributed by atoms with Gasteiger partial charge in [0.2, 0.25) is 0 Å². The van der Waals surface area contributed by atoms with Crippen LogP contribution in [0.4, 0.5) is 0 Å². The third-order valence-electron chi connectivity index (χ3n) is 6.87. The van der Waals surface area contributed by atoms with Crippen LogP contribution >= 0.6 is 0 Å². The Morgan fingerprint density at radius 3 is 1.51 bits per heavy atom. The number of allylic oxidation sites excluding steroid dienone is 2. The molecule has 0 saturated carbocycles. The van der Waals surface area contributed by atoms with Crippen LogP contribution in [0, 0.1) is 17.8 Å². The van der Waals surface area contributed by atoms with Gasteiger partial charge in [0.15, 0.2) is 0 Å². The second kappa shape index (κ2) is 19.3. The zero-order valence-electron chi connectivity index (χ0n) is 22.7. The summed E-state index contributed by atoms with van der Waals surface area (Å²) in [4.78, 5) is 34.6. The van der Waals surface area contributed by atoms with Crippen molar-refractivity contribution >= 4 is 17.9 Å². The molecule has 0 aromatic heterocycles. The van der Waals surface area contributed by atoms with E-state index in [0.717, 1.165) is 44.9 Å². The Balaban J connectivity index is 4.70. The van der Waals surface area contributed by atoms with Gasteiger partial charge in [0.1, 0.15) is 11.8 Å². The highest BCUT2D eigenvalue weighted by molar-refractivity contribution is 5.70. The molecular formula is C28H51NO6. The molecule has 0 aliphatic carbocycles. The average Bonchev–Trinajstić information content (AvgIpc) is 2.78. The van der Waals surface area contributed by atoms with Crippen molar-refractivity contribution in [3.8, 4) is 0 Å². The summed E-state index contributed by atoms with van der Waals surface area (Å²) in [6.45, 7) is 8.17. The normalized spacial score (nSPS) is 16.0. The van der Waals surface area contributed by atoms with Gasteiger partial charge in [0.05, 0.1) is 26.2 Å². The maximum Gasteiger partial charge on any atom is 0.311 e. The SMILES string of the molecule is CCCCCCC/C=C/CCCCCCC[N+](CC(C)C(=O)[O-])(CC(C)C(=O)O)CC(C)C(=O)O. The molecule has 3 atom stereocenters. The molecule has 7 heteroatoms. The summed E-state index contributed by atoms with van der Waals surface area (Å²) in [6.07, 6.45) is 18.4. The minimum atomic E-state index is -1.19. The molecule has 0 aromatic rings. The van der Waals surface area contributed by atoms with E-state index >= 15 is 0 Å². The number of carbonyl (C=O) groups is 3. The maximum atomic E-state index is 11.6. The van der Waals surface area contributed by atoms with Crippen molar-refractivity contribution in [1.82, 2.24) is 0 Å². The predicted octanol–water partition coefficient (Wildman–Crippen LogP) is 4.89. The quantitative estimate of drug-likeness (QED) is 0.118. The van der Waals surface area contributed by atoms with E-state index in [9.17, 15) is 29.7 Å². The van der Waals surface area contributed by atoms with E-state index in [2.05, 4.69) is 19.1 Å². The minimum Gasteiger partial charge on any atom is -0.550 e. The molecule has 7 nitrogen and oxygen atoms in total. The van der Waals surface area contributed by atoms with Crippen molar-refractivity contribution in [1.29, 1.82) is 0 Å². The monoisotopic (exact) mass is 497 g/mol. The molecule has 0 radical (unpaired) electrons. The number of nitrogens with zero attached hydrogens (tertiary/aromatic N) is 1. The van der Waals surface area contributed by atoms with Gasteiger partial charge in [-0.1, -0.05) is 64.5 Å². The van der Waals surface area contributed by atoms with Gasteiger partial charge < -0.3 is 24.6 Å². The van der Waals surface area contributed by atoms with Crippen LogP contribution < -0.4 is 5.11 Å². The van der Waals surface area contributed by atoms with Crippen LogP contribution in [0.3, 0.4) is 0 Å². The number of carbonyl (C=O) groups excluding carboxylic acids is 1. The Labute approximate surface area is 213 Å². The number of aliphatic carboxylic acids is 3. The standard InChI is InChI=1S/C28H51NO6/c1-5-6-7-8-9-10-11-12-13-14-15-16-17-18-19-29(20-23(2)26(30)31,21-24(3)27(32)33)22-25(4)28(34)35/h11-12,23-25H,5-10,13-22H2,1-4H3,(H2-,30,31,32,33,34,35)/b12-11+. The van der Waals surface area contributed by atoms with E-state index in [4.69, 9.17) is 0 Å². The fourth-order valence-electron chi connectivity index (χ4n) is 4.81. The van der Waals surface area contributed by atoms with Gasteiger partial charge in [-0.15, -0.1) is 0 Å². The summed E-state index contributed by atoms with van der Waals surface area (Å²) >= 11 is 0. The first-order valence-electron chi connectivity index (χ1n) is 13.7. The first-order chi connectivity index (χ1) is 16.5. The number of quaternary nitrogens is 1. The Morgan fingerprint density at radius 2 is 1.09 bits per heavy atom. The number of unbranched alkanes of at least 4 members (excludes halogenated alkanes) is 10. The van der Waals surface area contributed by atoms with Crippen molar-refractivity contribution in [3.63, 3.8) is 0 Å². The Kier molecular flexibility index (Phi) is 18.3. The maximum absolute atomic E-state index is 11.6. The molecule has 0 aliphatic rings. The molecule has 204 valence electrons. The predicted molar refractivity (Wildman–Crippen MR) is 138 cm³/mol. The summed E-state index contributed by atoms with van der Waals surface area (Å²) in [6, 6.07) is 0. The number of hydrogen-bond donors (Lipinski definition) is 2. The number of carboxylic acid groups (broad SMARTS) is 3. The first kappa shape index (κ1) is 33.1. The molecule has 0 spiro atoms. The highest BCUT2D eigenvalue weighted by Crippen LogP contribution is 2.22. The molecule has 0 fully saturated rings. The molecule has 0 heterocycles. The molecule has 2 N–H and O–H groups in total. The van der Waals surface area contributed by atoms with Gasteiger partial charge in [0.25, 0.3) is 0 Å². The fourth-order valence-corrected chi connectivity index (χ4v) is 4.81. The molecule has 0 aliphatic heterocycles. The Hall–Kier alpha value is -1.89. The number of rotatable bonds is 23. The fraction of sp³-hybridized carbons (Fsp3) is 0.821. The molecule has 0 saturated heterocycles. The minimum absolute atomic E-state index is 0.178. The summed E-state index contributed by atoms with van der Waals surface area (Å²) in [5.74, 6) is -5.26. The van der Waals surface area contributed by atoms with Crippen LogP contribution in [0.1, 0.15) is 105 Å². The summed E-state index contributed by atoms with van der Waals surface area (Å²) in [7, 11) is 0.